The molecule has 0 atom stereocenters. The van der Waals surface area contributed by atoms with Crippen molar-refractivity contribution in [2.75, 3.05) is 0 Å². The van der Waals surface area contributed by atoms with E-state index in [-0.39, 0.29) is 0 Å². The van der Waals surface area contributed by atoms with Crippen molar-refractivity contribution in [1.29, 1.82) is 0 Å². The lowest BCUT2D eigenvalue weighted by Gasteiger charge is -2.11. The molecule has 1 nitrogen and oxygen atoms in total. The van der Waals surface area contributed by atoms with Crippen LogP contribution in [0.25, 0.3) is 10.8 Å². The van der Waals surface area contributed by atoms with Gasteiger partial charge in [-0.15, -0.1) is 0 Å². The summed E-state index contributed by atoms with van der Waals surface area (Å²) < 4.78 is 6.03. The van der Waals surface area contributed by atoms with Gasteiger partial charge in [0.15, 0.2) is 0 Å². The topological polar surface area (TPSA) is 9.23 Å². The number of alkyl halides is 1. The Morgan fingerprint density at radius 1 is 0.900 bits per heavy atom. The van der Waals surface area contributed by atoms with E-state index in [0.29, 0.717) is 0 Å². The van der Waals surface area contributed by atoms with E-state index in [4.69, 9.17) is 4.74 Å². The summed E-state index contributed by atoms with van der Waals surface area (Å²) in [5.74, 6) is 1.78. The van der Waals surface area contributed by atoms with Gasteiger partial charge in [0.05, 0.1) is 0 Å². The summed E-state index contributed by atoms with van der Waals surface area (Å²) in [6.45, 7) is 2.09. The summed E-state index contributed by atoms with van der Waals surface area (Å²) in [6, 6.07) is 20.7. The van der Waals surface area contributed by atoms with Crippen LogP contribution in [0.1, 0.15) is 11.1 Å². The van der Waals surface area contributed by atoms with Gasteiger partial charge in [0.2, 0.25) is 0 Å². The summed E-state index contributed by atoms with van der Waals surface area (Å²) in [5, 5.41) is 3.21. The number of rotatable bonds is 3. The van der Waals surface area contributed by atoms with Crippen LogP contribution in [0, 0.1) is 6.92 Å². The zero-order valence-corrected chi connectivity index (χ0v) is 12.9. The van der Waals surface area contributed by atoms with Gasteiger partial charge in [-0.1, -0.05) is 64.0 Å². The maximum absolute atomic E-state index is 6.03. The number of hydrogen-bond donors (Lipinski definition) is 0. The Bertz CT molecular complexity index is 749. The van der Waals surface area contributed by atoms with Crippen molar-refractivity contribution in [2.45, 2.75) is 12.3 Å². The molecule has 20 heavy (non-hydrogen) atoms. The fraction of sp³-hybridized carbons (Fsp3) is 0.111. The Morgan fingerprint density at radius 3 is 2.50 bits per heavy atom. The maximum Gasteiger partial charge on any atom is 0.131 e. The molecule has 0 aliphatic carbocycles. The molecule has 3 aromatic carbocycles. The van der Waals surface area contributed by atoms with Crippen LogP contribution in [-0.4, -0.2) is 0 Å². The zero-order chi connectivity index (χ0) is 13.9. The number of hydrogen-bond acceptors (Lipinski definition) is 1. The largest absolute Gasteiger partial charge is 0.457 e. The monoisotopic (exact) mass is 326 g/mol. The van der Waals surface area contributed by atoms with Gasteiger partial charge >= 0.3 is 0 Å². The first kappa shape index (κ1) is 13.2. The fourth-order valence-electron chi connectivity index (χ4n) is 2.27. The number of aryl methyl sites for hydroxylation is 1. The average Bonchev–Trinajstić information content (AvgIpc) is 2.49. The lowest BCUT2D eigenvalue weighted by atomic mass is 10.1. The molecular weight excluding hydrogens is 312 g/mol. The highest BCUT2D eigenvalue weighted by Crippen LogP contribution is 2.29. The molecule has 0 aromatic heterocycles. The first-order chi connectivity index (χ1) is 9.76. The third-order valence-electron chi connectivity index (χ3n) is 3.31. The minimum absolute atomic E-state index is 0.789. The van der Waals surface area contributed by atoms with Crippen LogP contribution in [0.15, 0.2) is 60.7 Å². The highest BCUT2D eigenvalue weighted by molar-refractivity contribution is 9.08. The second kappa shape index (κ2) is 5.68. The normalized spacial score (nSPS) is 10.7. The van der Waals surface area contributed by atoms with E-state index in [2.05, 4.69) is 59.3 Å². The van der Waals surface area contributed by atoms with Crippen molar-refractivity contribution in [3.63, 3.8) is 0 Å². The highest BCUT2D eigenvalue weighted by Gasteiger charge is 2.05. The number of ether oxygens (including phenoxy) is 1. The van der Waals surface area contributed by atoms with Crippen LogP contribution in [-0.2, 0) is 5.33 Å². The first-order valence-corrected chi connectivity index (χ1v) is 7.70. The number of halogens is 1. The van der Waals surface area contributed by atoms with Gasteiger partial charge in [0, 0.05) is 10.9 Å². The molecule has 0 radical (unpaired) electrons. The fourth-order valence-corrected chi connectivity index (χ4v) is 2.71. The van der Waals surface area contributed by atoms with Gasteiger partial charge in [0.1, 0.15) is 11.5 Å². The van der Waals surface area contributed by atoms with Crippen molar-refractivity contribution in [1.82, 2.24) is 0 Å². The molecule has 3 aromatic rings. The van der Waals surface area contributed by atoms with Crippen molar-refractivity contribution >= 4 is 26.7 Å². The molecule has 0 N–H and O–H groups in total. The first-order valence-electron chi connectivity index (χ1n) is 6.58. The Labute approximate surface area is 127 Å². The molecule has 0 amide bonds. The van der Waals surface area contributed by atoms with Gasteiger partial charge < -0.3 is 4.74 Å². The minimum atomic E-state index is 0.789. The van der Waals surface area contributed by atoms with Crippen molar-refractivity contribution < 1.29 is 4.74 Å². The summed E-state index contributed by atoms with van der Waals surface area (Å²) in [7, 11) is 0. The summed E-state index contributed by atoms with van der Waals surface area (Å²) in [6.07, 6.45) is 0. The molecule has 3 rings (SSSR count). The molecule has 0 heterocycles. The quantitative estimate of drug-likeness (QED) is 0.550. The van der Waals surface area contributed by atoms with Gasteiger partial charge in [-0.25, -0.2) is 0 Å². The molecule has 100 valence electrons. The third kappa shape index (κ3) is 2.70. The SMILES string of the molecule is Cc1ccc(Oc2ccc3ccccc3c2)c(CBr)c1. The third-order valence-corrected chi connectivity index (χ3v) is 3.91. The lowest BCUT2D eigenvalue weighted by molar-refractivity contribution is 0.479. The number of benzene rings is 3. The molecule has 0 spiro atoms. The molecule has 0 saturated heterocycles. The van der Waals surface area contributed by atoms with Crippen LogP contribution in [0.4, 0.5) is 0 Å². The Kier molecular flexibility index (Phi) is 3.75. The van der Waals surface area contributed by atoms with E-state index in [1.807, 2.05) is 24.3 Å². The molecule has 0 saturated carbocycles. The van der Waals surface area contributed by atoms with E-state index in [1.165, 1.54) is 16.3 Å². The Morgan fingerprint density at radius 2 is 1.70 bits per heavy atom. The van der Waals surface area contributed by atoms with Crippen LogP contribution < -0.4 is 4.74 Å². The van der Waals surface area contributed by atoms with Crippen LogP contribution in [0.2, 0.25) is 0 Å². The summed E-state index contributed by atoms with van der Waals surface area (Å²) in [4.78, 5) is 0. The predicted octanol–water partition coefficient (Wildman–Crippen LogP) is 5.84. The van der Waals surface area contributed by atoms with E-state index in [0.717, 1.165) is 22.4 Å². The maximum atomic E-state index is 6.03. The average molecular weight is 327 g/mol. The molecular formula is C18H15BrO. The van der Waals surface area contributed by atoms with Crippen LogP contribution >= 0.6 is 15.9 Å². The predicted molar refractivity (Wildman–Crippen MR) is 87.8 cm³/mol. The lowest BCUT2D eigenvalue weighted by Crippen LogP contribution is -1.90. The van der Waals surface area contributed by atoms with E-state index < -0.39 is 0 Å². The van der Waals surface area contributed by atoms with Gasteiger partial charge in [-0.2, -0.15) is 0 Å². The van der Waals surface area contributed by atoms with Gasteiger partial charge in [-0.3, -0.25) is 0 Å². The Balaban J connectivity index is 1.96. The summed E-state index contributed by atoms with van der Waals surface area (Å²) in [5.41, 5.74) is 2.41. The van der Waals surface area contributed by atoms with E-state index in [1.54, 1.807) is 0 Å². The summed E-state index contributed by atoms with van der Waals surface area (Å²) >= 11 is 3.52. The molecule has 2 heteroatoms. The molecule has 0 aliphatic heterocycles. The van der Waals surface area contributed by atoms with Gasteiger partial charge in [-0.05, 0) is 35.9 Å². The second-order valence-electron chi connectivity index (χ2n) is 4.86. The minimum Gasteiger partial charge on any atom is -0.457 e. The molecule has 0 bridgehead atoms. The van der Waals surface area contributed by atoms with E-state index in [9.17, 15) is 0 Å². The van der Waals surface area contributed by atoms with Gasteiger partial charge in [0.25, 0.3) is 0 Å². The highest BCUT2D eigenvalue weighted by atomic mass is 79.9. The standard InChI is InChI=1S/C18H15BrO/c1-13-6-9-18(16(10-13)12-19)20-17-8-7-14-4-2-3-5-15(14)11-17/h2-11H,12H2,1H3. The van der Waals surface area contributed by atoms with Crippen molar-refractivity contribution in [2.24, 2.45) is 0 Å². The van der Waals surface area contributed by atoms with Crippen molar-refractivity contribution in [3.8, 4) is 11.5 Å². The smallest absolute Gasteiger partial charge is 0.131 e. The Hall–Kier alpha value is -1.80. The zero-order valence-electron chi connectivity index (χ0n) is 11.3. The number of fused-ring (bicyclic) bond motifs is 1. The van der Waals surface area contributed by atoms with Crippen molar-refractivity contribution in [3.05, 3.63) is 71.8 Å². The second-order valence-corrected chi connectivity index (χ2v) is 5.42. The molecule has 0 aliphatic rings. The van der Waals surface area contributed by atoms with E-state index >= 15 is 0 Å². The van der Waals surface area contributed by atoms with Crippen LogP contribution in [0.3, 0.4) is 0 Å². The van der Waals surface area contributed by atoms with Crippen LogP contribution in [0.5, 0.6) is 11.5 Å². The molecule has 0 unspecified atom stereocenters. The molecule has 0 fully saturated rings.